The largest absolute Gasteiger partial charge is 0.494 e. The average molecular weight is 408 g/mol. The second-order valence-electron chi connectivity index (χ2n) is 8.58. The van der Waals surface area contributed by atoms with E-state index in [4.69, 9.17) is 4.74 Å². The molecule has 0 aromatic heterocycles. The van der Waals surface area contributed by atoms with E-state index in [9.17, 15) is 4.79 Å². The third-order valence-corrected chi connectivity index (χ3v) is 5.97. The molecule has 0 aliphatic heterocycles. The first-order valence-electron chi connectivity index (χ1n) is 11.8. The number of rotatable bonds is 14. The Morgan fingerprint density at radius 3 is 2.63 bits per heavy atom. The van der Waals surface area contributed by atoms with E-state index in [0.29, 0.717) is 18.3 Å². The van der Waals surface area contributed by atoms with Crippen LogP contribution in [0.5, 0.6) is 5.75 Å². The Morgan fingerprint density at radius 2 is 1.80 bits per heavy atom. The fourth-order valence-electron chi connectivity index (χ4n) is 4.07. The average Bonchev–Trinajstić information content (AvgIpc) is 3.55. The number of hydrogen-bond acceptors (Lipinski definition) is 2. The Morgan fingerprint density at radius 1 is 1.00 bits per heavy atom. The molecule has 1 fully saturated rings. The molecule has 2 aromatic carbocycles. The highest BCUT2D eigenvalue weighted by Crippen LogP contribution is 2.47. The van der Waals surface area contributed by atoms with Crippen molar-refractivity contribution in [1.82, 2.24) is 5.32 Å². The van der Waals surface area contributed by atoms with Crippen LogP contribution < -0.4 is 10.1 Å². The second kappa shape index (κ2) is 12.4. The van der Waals surface area contributed by atoms with Gasteiger partial charge in [0.1, 0.15) is 5.75 Å². The topological polar surface area (TPSA) is 38.3 Å². The van der Waals surface area contributed by atoms with Gasteiger partial charge >= 0.3 is 0 Å². The highest BCUT2D eigenvalue weighted by molar-refractivity contribution is 5.75. The standard InChI is InChI=1S/C27H37NO2/c1-2-12-27(29)28-21-24-20-26(24)23-16-11-17-25(19-23)30-18-10-5-3-4-7-13-22-14-8-6-9-15-22/h6,8-9,11,14-17,19,24,26H,2-5,7,10,12-13,18,20-21H2,1H3,(H,28,29)/t24-,26-/m0/s1. The second-order valence-corrected chi connectivity index (χ2v) is 8.58. The van der Waals surface area contributed by atoms with E-state index in [1.165, 1.54) is 49.7 Å². The lowest BCUT2D eigenvalue weighted by atomic mass is 10.1. The van der Waals surface area contributed by atoms with Crippen molar-refractivity contribution in [3.63, 3.8) is 0 Å². The molecule has 1 aliphatic carbocycles. The Balaban J connectivity index is 1.25. The Kier molecular flexibility index (Phi) is 9.27. The summed E-state index contributed by atoms with van der Waals surface area (Å²) in [5.74, 6) is 2.31. The lowest BCUT2D eigenvalue weighted by molar-refractivity contribution is -0.121. The fraction of sp³-hybridized carbons (Fsp3) is 0.519. The molecule has 0 saturated heterocycles. The zero-order chi connectivity index (χ0) is 21.0. The number of amides is 1. The van der Waals surface area contributed by atoms with Gasteiger partial charge in [0.2, 0.25) is 5.91 Å². The minimum Gasteiger partial charge on any atom is -0.494 e. The minimum absolute atomic E-state index is 0.181. The Bertz CT molecular complexity index is 758. The lowest BCUT2D eigenvalue weighted by Crippen LogP contribution is -2.25. The summed E-state index contributed by atoms with van der Waals surface area (Å²) in [7, 11) is 0. The van der Waals surface area contributed by atoms with Crippen LogP contribution in [0.3, 0.4) is 0 Å². The Labute approximate surface area is 182 Å². The van der Waals surface area contributed by atoms with Crippen LogP contribution >= 0.6 is 0 Å². The molecular weight excluding hydrogens is 370 g/mol. The summed E-state index contributed by atoms with van der Waals surface area (Å²) in [5.41, 5.74) is 2.80. The molecule has 0 unspecified atom stereocenters. The van der Waals surface area contributed by atoms with Crippen molar-refractivity contribution in [2.75, 3.05) is 13.2 Å². The van der Waals surface area contributed by atoms with Crippen molar-refractivity contribution in [2.45, 2.75) is 70.6 Å². The minimum atomic E-state index is 0.181. The molecule has 1 saturated carbocycles. The number of hydrogen-bond donors (Lipinski definition) is 1. The van der Waals surface area contributed by atoms with Crippen molar-refractivity contribution in [3.8, 4) is 5.75 Å². The summed E-state index contributed by atoms with van der Waals surface area (Å²) in [5, 5.41) is 3.06. The van der Waals surface area contributed by atoms with Gasteiger partial charge in [0, 0.05) is 13.0 Å². The third kappa shape index (κ3) is 7.85. The maximum Gasteiger partial charge on any atom is 0.219 e. The van der Waals surface area contributed by atoms with Gasteiger partial charge < -0.3 is 10.1 Å². The molecule has 2 aromatic rings. The van der Waals surface area contributed by atoms with Gasteiger partial charge in [0.15, 0.2) is 0 Å². The van der Waals surface area contributed by atoms with Crippen molar-refractivity contribution >= 4 is 5.91 Å². The van der Waals surface area contributed by atoms with Gasteiger partial charge in [0.25, 0.3) is 0 Å². The number of benzene rings is 2. The maximum absolute atomic E-state index is 11.6. The van der Waals surface area contributed by atoms with E-state index in [1.54, 1.807) is 0 Å². The third-order valence-electron chi connectivity index (χ3n) is 5.97. The van der Waals surface area contributed by atoms with E-state index in [0.717, 1.165) is 31.7 Å². The van der Waals surface area contributed by atoms with Crippen LogP contribution in [0.4, 0.5) is 0 Å². The van der Waals surface area contributed by atoms with Gasteiger partial charge in [-0.2, -0.15) is 0 Å². The molecule has 0 spiro atoms. The molecule has 3 rings (SSSR count). The first-order chi connectivity index (χ1) is 14.8. The van der Waals surface area contributed by atoms with Crippen LogP contribution in [-0.2, 0) is 11.2 Å². The molecule has 3 nitrogen and oxygen atoms in total. The van der Waals surface area contributed by atoms with Gasteiger partial charge in [0.05, 0.1) is 6.61 Å². The van der Waals surface area contributed by atoms with E-state index in [2.05, 4.69) is 59.9 Å². The fourth-order valence-corrected chi connectivity index (χ4v) is 4.07. The predicted molar refractivity (Wildman–Crippen MR) is 124 cm³/mol. The molecule has 1 aliphatic rings. The van der Waals surface area contributed by atoms with Crippen LogP contribution in [0.15, 0.2) is 54.6 Å². The quantitative estimate of drug-likeness (QED) is 0.374. The van der Waals surface area contributed by atoms with Crippen LogP contribution in [0.25, 0.3) is 0 Å². The smallest absolute Gasteiger partial charge is 0.219 e. The zero-order valence-corrected chi connectivity index (χ0v) is 18.4. The van der Waals surface area contributed by atoms with Gasteiger partial charge in [-0.25, -0.2) is 0 Å². The molecule has 0 radical (unpaired) electrons. The van der Waals surface area contributed by atoms with Crippen molar-refractivity contribution in [2.24, 2.45) is 5.92 Å². The van der Waals surface area contributed by atoms with Gasteiger partial charge in [-0.1, -0.05) is 68.7 Å². The monoisotopic (exact) mass is 407 g/mol. The molecule has 1 N–H and O–H groups in total. The number of carbonyl (C=O) groups excluding carboxylic acids is 1. The first kappa shape index (κ1) is 22.4. The number of nitrogens with one attached hydrogen (secondary N) is 1. The normalized spacial score (nSPS) is 17.5. The van der Waals surface area contributed by atoms with Gasteiger partial charge in [-0.15, -0.1) is 0 Å². The van der Waals surface area contributed by atoms with E-state index >= 15 is 0 Å². The SMILES string of the molecule is CCCC(=O)NC[C@@H]1C[C@H]1c1cccc(OCCCCCCCc2ccccc2)c1. The number of unbranched alkanes of at least 4 members (excludes halogenated alkanes) is 4. The lowest BCUT2D eigenvalue weighted by Gasteiger charge is -2.09. The molecule has 0 heterocycles. The molecule has 2 atom stereocenters. The van der Waals surface area contributed by atoms with E-state index in [1.807, 2.05) is 6.92 Å². The molecule has 3 heteroatoms. The van der Waals surface area contributed by atoms with Crippen LogP contribution in [0.1, 0.15) is 75.3 Å². The molecule has 0 bridgehead atoms. The van der Waals surface area contributed by atoms with E-state index in [-0.39, 0.29) is 5.91 Å². The molecule has 1 amide bonds. The number of ether oxygens (including phenoxy) is 1. The van der Waals surface area contributed by atoms with E-state index < -0.39 is 0 Å². The molecular formula is C27H37NO2. The van der Waals surface area contributed by atoms with Crippen LogP contribution in [0.2, 0.25) is 0 Å². The Hall–Kier alpha value is -2.29. The van der Waals surface area contributed by atoms with Crippen LogP contribution in [-0.4, -0.2) is 19.1 Å². The van der Waals surface area contributed by atoms with Gasteiger partial charge in [-0.05, 0) is 67.2 Å². The summed E-state index contributed by atoms with van der Waals surface area (Å²) in [6.07, 6.45) is 10.1. The van der Waals surface area contributed by atoms with Crippen molar-refractivity contribution in [1.29, 1.82) is 0 Å². The number of aryl methyl sites for hydroxylation is 1. The maximum atomic E-state index is 11.6. The first-order valence-corrected chi connectivity index (χ1v) is 11.8. The number of carbonyl (C=O) groups is 1. The highest BCUT2D eigenvalue weighted by atomic mass is 16.5. The molecule has 30 heavy (non-hydrogen) atoms. The van der Waals surface area contributed by atoms with Crippen molar-refractivity contribution in [3.05, 3.63) is 65.7 Å². The van der Waals surface area contributed by atoms with Gasteiger partial charge in [-0.3, -0.25) is 4.79 Å². The molecule has 162 valence electrons. The summed E-state index contributed by atoms with van der Waals surface area (Å²) in [4.78, 5) is 11.6. The highest BCUT2D eigenvalue weighted by Gasteiger charge is 2.38. The summed E-state index contributed by atoms with van der Waals surface area (Å²) in [6.45, 7) is 3.64. The summed E-state index contributed by atoms with van der Waals surface area (Å²) < 4.78 is 6.00. The van der Waals surface area contributed by atoms with Crippen LogP contribution in [0, 0.1) is 5.92 Å². The zero-order valence-electron chi connectivity index (χ0n) is 18.4. The predicted octanol–water partition coefficient (Wildman–Crippen LogP) is 6.28. The van der Waals surface area contributed by atoms with Crippen molar-refractivity contribution < 1.29 is 9.53 Å². The summed E-state index contributed by atoms with van der Waals surface area (Å²) in [6, 6.07) is 19.3. The summed E-state index contributed by atoms with van der Waals surface area (Å²) >= 11 is 0.